The molecule has 0 radical (unpaired) electrons. The highest BCUT2D eigenvalue weighted by molar-refractivity contribution is 7.71. The highest BCUT2D eigenvalue weighted by Crippen LogP contribution is 2.25. The number of nitrogens with zero attached hydrogens (tertiary/aromatic N) is 4. The lowest BCUT2D eigenvalue weighted by atomic mass is 10.1. The van der Waals surface area contributed by atoms with Gasteiger partial charge >= 0.3 is 0 Å². The Kier molecular flexibility index (Phi) is 6.03. The largest absolute Gasteiger partial charge is 0.496 e. The van der Waals surface area contributed by atoms with Gasteiger partial charge in [-0.2, -0.15) is 14.9 Å². The number of methoxy groups -OCH3 is 1. The second kappa shape index (κ2) is 8.65. The van der Waals surface area contributed by atoms with Gasteiger partial charge < -0.3 is 9.47 Å². The molecule has 0 spiro atoms. The van der Waals surface area contributed by atoms with Crippen molar-refractivity contribution in [2.24, 2.45) is 5.10 Å². The predicted octanol–water partition coefficient (Wildman–Crippen LogP) is 3.94. The molecule has 0 unspecified atom stereocenters. The lowest BCUT2D eigenvalue weighted by Crippen LogP contribution is -2.01. The molecule has 1 aromatic heterocycles. The van der Waals surface area contributed by atoms with E-state index in [0.717, 1.165) is 11.1 Å². The van der Waals surface area contributed by atoms with Crippen LogP contribution in [-0.4, -0.2) is 33.1 Å². The second-order valence-corrected chi connectivity index (χ2v) is 6.58. The number of aromatic nitrogens is 3. The quantitative estimate of drug-likeness (QED) is 0.272. The van der Waals surface area contributed by atoms with Crippen LogP contribution in [0, 0.1) is 28.7 Å². The van der Waals surface area contributed by atoms with Gasteiger partial charge in [0.25, 0.3) is 5.69 Å². The minimum Gasteiger partial charge on any atom is -0.496 e. The van der Waals surface area contributed by atoms with E-state index in [1.807, 2.05) is 18.2 Å². The smallest absolute Gasteiger partial charge is 0.272 e. The summed E-state index contributed by atoms with van der Waals surface area (Å²) >= 11 is 5.13. The van der Waals surface area contributed by atoms with Crippen LogP contribution in [0.2, 0.25) is 0 Å². The van der Waals surface area contributed by atoms with E-state index in [4.69, 9.17) is 21.7 Å². The summed E-state index contributed by atoms with van der Waals surface area (Å²) in [6, 6.07) is 10.2. The summed E-state index contributed by atoms with van der Waals surface area (Å²) < 4.78 is 13.1. The molecule has 10 heteroatoms. The Morgan fingerprint density at radius 1 is 1.31 bits per heavy atom. The molecule has 0 aliphatic heterocycles. The molecule has 0 aliphatic carbocycles. The van der Waals surface area contributed by atoms with Crippen LogP contribution < -0.4 is 9.47 Å². The van der Waals surface area contributed by atoms with Crippen molar-refractivity contribution in [3.05, 3.63) is 73.8 Å². The molecule has 0 atom stereocenters. The first-order valence-corrected chi connectivity index (χ1v) is 9.03. The number of hydrogen-bond acceptors (Lipinski definition) is 7. The van der Waals surface area contributed by atoms with Crippen LogP contribution in [0.15, 0.2) is 41.5 Å². The average molecular weight is 413 g/mol. The van der Waals surface area contributed by atoms with Crippen LogP contribution in [0.3, 0.4) is 0 Å². The minimum atomic E-state index is -0.418. The predicted molar refractivity (Wildman–Crippen MR) is 110 cm³/mol. The van der Waals surface area contributed by atoms with Gasteiger partial charge in [-0.05, 0) is 62.0 Å². The summed E-state index contributed by atoms with van der Waals surface area (Å²) in [5.74, 6) is 1.85. The van der Waals surface area contributed by atoms with Gasteiger partial charge in [0, 0.05) is 17.2 Å². The molecule has 1 N–H and O–H groups in total. The molecule has 0 saturated carbocycles. The normalized spacial score (nSPS) is 11.0. The van der Waals surface area contributed by atoms with Gasteiger partial charge in [-0.15, -0.1) is 0 Å². The molecule has 0 bridgehead atoms. The molecule has 0 saturated heterocycles. The fourth-order valence-electron chi connectivity index (χ4n) is 2.71. The fourth-order valence-corrected chi connectivity index (χ4v) is 2.93. The van der Waals surface area contributed by atoms with Gasteiger partial charge in [0.1, 0.15) is 23.9 Å². The zero-order chi connectivity index (χ0) is 21.0. The van der Waals surface area contributed by atoms with Crippen LogP contribution in [0.5, 0.6) is 11.5 Å². The van der Waals surface area contributed by atoms with E-state index in [-0.39, 0.29) is 12.3 Å². The molecule has 0 aliphatic rings. The number of aryl methyl sites for hydroxylation is 2. The minimum absolute atomic E-state index is 0.0567. The number of nitrogens with one attached hydrogen (secondary N) is 1. The summed E-state index contributed by atoms with van der Waals surface area (Å²) in [6.07, 6.45) is 1.66. The maximum absolute atomic E-state index is 10.9. The molecule has 2 aromatic carbocycles. The summed E-state index contributed by atoms with van der Waals surface area (Å²) in [5.41, 5.74) is 2.22. The molecular weight excluding hydrogens is 394 g/mol. The Bertz CT molecular complexity index is 1140. The molecule has 9 nitrogen and oxygen atoms in total. The maximum atomic E-state index is 10.9. The average Bonchev–Trinajstić information content (AvgIpc) is 3.02. The molecule has 0 amide bonds. The van der Waals surface area contributed by atoms with E-state index in [0.29, 0.717) is 27.7 Å². The van der Waals surface area contributed by atoms with E-state index in [1.54, 1.807) is 39.3 Å². The van der Waals surface area contributed by atoms with Crippen molar-refractivity contribution in [2.75, 3.05) is 7.11 Å². The summed E-state index contributed by atoms with van der Waals surface area (Å²) in [7, 11) is 1.58. The molecule has 0 fully saturated rings. The van der Waals surface area contributed by atoms with Crippen molar-refractivity contribution in [3.8, 4) is 11.5 Å². The topological polar surface area (TPSA) is 108 Å². The van der Waals surface area contributed by atoms with Crippen molar-refractivity contribution in [3.63, 3.8) is 0 Å². The maximum Gasteiger partial charge on any atom is 0.272 e. The number of nitro groups is 1. The molecule has 3 rings (SSSR count). The highest BCUT2D eigenvalue weighted by Gasteiger charge is 2.11. The van der Waals surface area contributed by atoms with Crippen LogP contribution in [-0.2, 0) is 6.61 Å². The highest BCUT2D eigenvalue weighted by atomic mass is 32.1. The van der Waals surface area contributed by atoms with Crippen molar-refractivity contribution < 1.29 is 14.4 Å². The number of hydrogen-bond donors (Lipinski definition) is 1. The van der Waals surface area contributed by atoms with Crippen molar-refractivity contribution in [1.29, 1.82) is 0 Å². The number of aromatic amines is 1. The number of rotatable bonds is 7. The van der Waals surface area contributed by atoms with Gasteiger partial charge in [-0.1, -0.05) is 0 Å². The van der Waals surface area contributed by atoms with E-state index in [2.05, 4.69) is 15.3 Å². The van der Waals surface area contributed by atoms with Gasteiger partial charge in [0.15, 0.2) is 0 Å². The number of H-pyrrole nitrogens is 1. The van der Waals surface area contributed by atoms with Crippen molar-refractivity contribution in [2.45, 2.75) is 20.5 Å². The van der Waals surface area contributed by atoms with E-state index in [1.165, 1.54) is 10.7 Å². The van der Waals surface area contributed by atoms with E-state index >= 15 is 0 Å². The molecule has 29 heavy (non-hydrogen) atoms. The fraction of sp³-hybridized carbons (Fsp3) is 0.211. The standard InChI is InChI=1S/C19H19N5O4S/c1-12-8-16(5-6-17(12)24(25)26)28-11-15-9-14(4-7-18(15)27-3)10-20-23-13(2)21-22-19(23)29/h4-10H,11H2,1-3H3,(H,22,29)/b20-10-. The SMILES string of the molecule is COc1ccc(/C=N\n2c(C)n[nH]c2=S)cc1COc1ccc([N+](=O)[O-])c(C)c1. The van der Waals surface area contributed by atoms with Gasteiger partial charge in [-0.3, -0.25) is 15.2 Å². The molecule has 1 heterocycles. The Balaban J connectivity index is 1.80. The van der Waals surface area contributed by atoms with Crippen LogP contribution in [0.25, 0.3) is 0 Å². The zero-order valence-corrected chi connectivity index (χ0v) is 16.9. The second-order valence-electron chi connectivity index (χ2n) is 6.20. The summed E-state index contributed by atoms with van der Waals surface area (Å²) in [5, 5.41) is 22.0. The Hall–Kier alpha value is -3.53. The third-order valence-corrected chi connectivity index (χ3v) is 4.46. The third kappa shape index (κ3) is 4.66. The molecule has 3 aromatic rings. The first-order chi connectivity index (χ1) is 13.9. The van der Waals surface area contributed by atoms with Crippen molar-refractivity contribution >= 4 is 24.1 Å². The lowest BCUT2D eigenvalue weighted by molar-refractivity contribution is -0.385. The first-order valence-electron chi connectivity index (χ1n) is 8.62. The monoisotopic (exact) mass is 413 g/mol. The van der Waals surface area contributed by atoms with Gasteiger partial charge in [0.2, 0.25) is 4.77 Å². The van der Waals surface area contributed by atoms with Crippen LogP contribution in [0.4, 0.5) is 5.69 Å². The summed E-state index contributed by atoms with van der Waals surface area (Å²) in [4.78, 5) is 10.5. The van der Waals surface area contributed by atoms with E-state index < -0.39 is 4.92 Å². The summed E-state index contributed by atoms with van der Waals surface area (Å²) in [6.45, 7) is 3.70. The van der Waals surface area contributed by atoms with Crippen molar-refractivity contribution in [1.82, 2.24) is 14.9 Å². The van der Waals surface area contributed by atoms with Crippen LogP contribution >= 0.6 is 12.2 Å². The molecule has 150 valence electrons. The van der Waals surface area contributed by atoms with Gasteiger partial charge in [-0.25, -0.2) is 0 Å². The Labute approximate surface area is 171 Å². The lowest BCUT2D eigenvalue weighted by Gasteiger charge is -2.11. The third-order valence-electron chi connectivity index (χ3n) is 4.20. The van der Waals surface area contributed by atoms with E-state index in [9.17, 15) is 10.1 Å². The van der Waals surface area contributed by atoms with Crippen LogP contribution in [0.1, 0.15) is 22.5 Å². The first kappa shape index (κ1) is 20.2. The number of benzene rings is 2. The zero-order valence-electron chi connectivity index (χ0n) is 16.1. The number of ether oxygens (including phenoxy) is 2. The Morgan fingerprint density at radius 3 is 2.72 bits per heavy atom. The number of nitro benzene ring substituents is 1. The molecular formula is C19H19N5O4S. The van der Waals surface area contributed by atoms with Gasteiger partial charge in [0.05, 0.1) is 18.2 Å². The Morgan fingerprint density at radius 2 is 2.10 bits per heavy atom.